The van der Waals surface area contributed by atoms with Crippen LogP contribution in [0.4, 0.5) is 17.6 Å². The Kier molecular flexibility index (Phi) is 7.51. The van der Waals surface area contributed by atoms with Gasteiger partial charge in [-0.2, -0.15) is 0 Å². The van der Waals surface area contributed by atoms with E-state index in [9.17, 15) is 22.4 Å². The number of likely N-dealkylation sites (tertiary alicyclic amines) is 1. The highest BCUT2D eigenvalue weighted by molar-refractivity contribution is 6.32. The molecule has 180 valence electrons. The molecule has 0 aliphatic carbocycles. The van der Waals surface area contributed by atoms with Crippen molar-refractivity contribution in [3.63, 3.8) is 0 Å². The van der Waals surface area contributed by atoms with Crippen molar-refractivity contribution >= 4 is 29.2 Å². The van der Waals surface area contributed by atoms with Gasteiger partial charge in [-0.1, -0.05) is 29.3 Å². The molecule has 4 nitrogen and oxygen atoms in total. The summed E-state index contributed by atoms with van der Waals surface area (Å²) in [4.78, 5) is 13.6. The lowest BCUT2D eigenvalue weighted by Gasteiger charge is -2.37. The standard InChI is InChI=1S/C23H23Cl2F4NO3/c1-22(2,3)33-21(31)16-7-18(25)20(8-19(16)27)32-15-9-23(28,29)12-30(11-15)10-13-4-5-14(26)6-17(13)24/h4-8,15H,9-12H2,1-3H3. The number of nitrogens with zero attached hydrogens (tertiary/aromatic N) is 1. The zero-order valence-electron chi connectivity index (χ0n) is 18.2. The molecule has 3 rings (SSSR count). The fraction of sp³-hybridized carbons (Fsp3) is 0.435. The molecule has 2 aromatic carbocycles. The first-order chi connectivity index (χ1) is 15.2. The summed E-state index contributed by atoms with van der Waals surface area (Å²) >= 11 is 12.2. The summed E-state index contributed by atoms with van der Waals surface area (Å²) < 4.78 is 67.4. The highest BCUT2D eigenvalue weighted by Crippen LogP contribution is 2.35. The van der Waals surface area contributed by atoms with E-state index in [1.807, 2.05) is 0 Å². The van der Waals surface area contributed by atoms with Crippen LogP contribution >= 0.6 is 23.2 Å². The summed E-state index contributed by atoms with van der Waals surface area (Å²) in [6.07, 6.45) is -1.62. The van der Waals surface area contributed by atoms with E-state index < -0.39 is 48.2 Å². The molecule has 33 heavy (non-hydrogen) atoms. The van der Waals surface area contributed by atoms with Crippen molar-refractivity contribution < 1.29 is 31.8 Å². The molecule has 2 aromatic rings. The van der Waals surface area contributed by atoms with Crippen molar-refractivity contribution in [1.29, 1.82) is 0 Å². The monoisotopic (exact) mass is 507 g/mol. The van der Waals surface area contributed by atoms with Crippen LogP contribution in [0.15, 0.2) is 30.3 Å². The van der Waals surface area contributed by atoms with Crippen LogP contribution < -0.4 is 4.74 Å². The van der Waals surface area contributed by atoms with Gasteiger partial charge in [-0.15, -0.1) is 0 Å². The lowest BCUT2D eigenvalue weighted by atomic mass is 10.0. The van der Waals surface area contributed by atoms with Crippen LogP contribution in [0.1, 0.15) is 43.1 Å². The average Bonchev–Trinajstić information content (AvgIpc) is 2.64. The van der Waals surface area contributed by atoms with E-state index in [0.29, 0.717) is 5.56 Å². The Labute approximate surface area is 199 Å². The molecule has 0 saturated carbocycles. The molecule has 1 fully saturated rings. The maximum atomic E-state index is 14.6. The largest absolute Gasteiger partial charge is 0.487 e. The molecule has 0 amide bonds. The number of alkyl halides is 2. The van der Waals surface area contributed by atoms with E-state index in [4.69, 9.17) is 32.7 Å². The van der Waals surface area contributed by atoms with E-state index in [0.717, 1.165) is 18.2 Å². The Morgan fingerprint density at radius 3 is 2.48 bits per heavy atom. The second-order valence-electron chi connectivity index (χ2n) is 8.97. The van der Waals surface area contributed by atoms with E-state index in [1.165, 1.54) is 17.0 Å². The van der Waals surface area contributed by atoms with Gasteiger partial charge in [0.25, 0.3) is 5.92 Å². The summed E-state index contributed by atoms with van der Waals surface area (Å²) in [7, 11) is 0. The van der Waals surface area contributed by atoms with E-state index in [1.54, 1.807) is 20.8 Å². The zero-order chi connectivity index (χ0) is 24.6. The fourth-order valence-electron chi connectivity index (χ4n) is 3.52. The lowest BCUT2D eigenvalue weighted by molar-refractivity contribution is -0.103. The van der Waals surface area contributed by atoms with E-state index in [2.05, 4.69) is 0 Å². The number of halogens is 6. The second kappa shape index (κ2) is 9.68. The molecule has 1 saturated heterocycles. The zero-order valence-corrected chi connectivity index (χ0v) is 19.7. The Hall–Kier alpha value is -2.03. The third kappa shape index (κ3) is 6.98. The first-order valence-corrected chi connectivity index (χ1v) is 10.9. The minimum atomic E-state index is -3.09. The lowest BCUT2D eigenvalue weighted by Crippen LogP contribution is -2.50. The first kappa shape index (κ1) is 25.6. The van der Waals surface area contributed by atoms with Crippen LogP contribution in [0, 0.1) is 11.6 Å². The minimum Gasteiger partial charge on any atom is -0.487 e. The van der Waals surface area contributed by atoms with Gasteiger partial charge in [-0.3, -0.25) is 4.90 Å². The summed E-state index contributed by atoms with van der Waals surface area (Å²) in [5.41, 5.74) is -0.737. The Morgan fingerprint density at radius 1 is 1.15 bits per heavy atom. The molecule has 0 N–H and O–H groups in total. The van der Waals surface area contributed by atoms with Gasteiger partial charge in [-0.25, -0.2) is 22.4 Å². The first-order valence-electron chi connectivity index (χ1n) is 10.2. The average molecular weight is 508 g/mol. The summed E-state index contributed by atoms with van der Waals surface area (Å²) in [5, 5.41) is 0.0171. The summed E-state index contributed by atoms with van der Waals surface area (Å²) in [6.45, 7) is 4.49. The number of hydrogen-bond acceptors (Lipinski definition) is 4. The number of rotatable bonds is 5. The van der Waals surface area contributed by atoms with Gasteiger partial charge in [0.15, 0.2) is 0 Å². The van der Waals surface area contributed by atoms with E-state index in [-0.39, 0.29) is 34.4 Å². The van der Waals surface area contributed by atoms with Gasteiger partial charge in [0.05, 0.1) is 23.6 Å². The van der Waals surface area contributed by atoms with Gasteiger partial charge >= 0.3 is 5.97 Å². The van der Waals surface area contributed by atoms with Crippen LogP contribution in [-0.2, 0) is 11.3 Å². The van der Waals surface area contributed by atoms with Crippen molar-refractivity contribution in [2.45, 2.75) is 51.4 Å². The molecule has 0 aromatic heterocycles. The molecule has 0 radical (unpaired) electrons. The number of ether oxygens (including phenoxy) is 2. The summed E-state index contributed by atoms with van der Waals surface area (Å²) in [6, 6.07) is 5.68. The highest BCUT2D eigenvalue weighted by Gasteiger charge is 2.41. The molecule has 0 spiro atoms. The van der Waals surface area contributed by atoms with Crippen molar-refractivity contribution in [3.8, 4) is 5.75 Å². The predicted octanol–water partition coefficient (Wildman–Crippen LogP) is 6.52. The maximum Gasteiger partial charge on any atom is 0.341 e. The van der Waals surface area contributed by atoms with Crippen molar-refractivity contribution in [1.82, 2.24) is 4.90 Å². The number of carbonyl (C=O) groups excluding carboxylic acids is 1. The molecule has 10 heteroatoms. The SMILES string of the molecule is CC(C)(C)OC(=O)c1cc(Cl)c(OC2CN(Cc3ccc(F)cc3Cl)CC(F)(F)C2)cc1F. The van der Waals surface area contributed by atoms with Crippen LogP contribution in [-0.4, -0.2) is 41.6 Å². The molecule has 1 aliphatic rings. The number of hydrogen-bond donors (Lipinski definition) is 0. The number of benzene rings is 2. The van der Waals surface area contributed by atoms with Crippen molar-refractivity contribution in [3.05, 3.63) is 63.1 Å². The third-order valence-corrected chi connectivity index (χ3v) is 5.43. The Morgan fingerprint density at radius 2 is 1.85 bits per heavy atom. The van der Waals surface area contributed by atoms with Crippen molar-refractivity contribution in [2.75, 3.05) is 13.1 Å². The van der Waals surface area contributed by atoms with Crippen molar-refractivity contribution in [2.24, 2.45) is 0 Å². The molecule has 1 heterocycles. The molecule has 1 atom stereocenters. The predicted molar refractivity (Wildman–Crippen MR) is 117 cm³/mol. The van der Waals surface area contributed by atoms with Crippen LogP contribution in [0.3, 0.4) is 0 Å². The molecule has 0 bridgehead atoms. The van der Waals surface area contributed by atoms with Crippen LogP contribution in [0.2, 0.25) is 10.0 Å². The number of piperidine rings is 1. The van der Waals surface area contributed by atoms with Gasteiger partial charge < -0.3 is 9.47 Å². The van der Waals surface area contributed by atoms with E-state index >= 15 is 0 Å². The van der Waals surface area contributed by atoms with Gasteiger partial charge in [0.1, 0.15) is 29.1 Å². The van der Waals surface area contributed by atoms with Crippen LogP contribution in [0.5, 0.6) is 5.75 Å². The second-order valence-corrected chi connectivity index (χ2v) is 9.78. The molecular formula is C23H23Cl2F4NO3. The fourth-order valence-corrected chi connectivity index (χ4v) is 3.96. The normalized spacial score (nSPS) is 18.8. The topological polar surface area (TPSA) is 38.8 Å². The van der Waals surface area contributed by atoms with Gasteiger partial charge in [0, 0.05) is 24.2 Å². The van der Waals surface area contributed by atoms with Gasteiger partial charge in [-0.05, 0) is 44.5 Å². The third-order valence-electron chi connectivity index (χ3n) is 4.79. The smallest absolute Gasteiger partial charge is 0.341 e. The molecule has 1 unspecified atom stereocenters. The highest BCUT2D eigenvalue weighted by atomic mass is 35.5. The summed E-state index contributed by atoms with van der Waals surface area (Å²) in [5.74, 6) is -5.62. The van der Waals surface area contributed by atoms with Gasteiger partial charge in [0.2, 0.25) is 0 Å². The Balaban J connectivity index is 1.76. The minimum absolute atomic E-state index is 0.0498. The Bertz CT molecular complexity index is 1040. The maximum absolute atomic E-state index is 14.6. The number of carbonyl (C=O) groups is 1. The number of esters is 1. The quantitative estimate of drug-likeness (QED) is 0.341. The molecule has 1 aliphatic heterocycles. The molecular weight excluding hydrogens is 485 g/mol. The van der Waals surface area contributed by atoms with Crippen LogP contribution in [0.25, 0.3) is 0 Å².